The molecular weight excluding hydrogens is 296 g/mol. The van der Waals surface area contributed by atoms with Crippen molar-refractivity contribution in [2.45, 2.75) is 0 Å². The zero-order valence-corrected chi connectivity index (χ0v) is 12.1. The minimum atomic E-state index is 0. The van der Waals surface area contributed by atoms with Crippen molar-refractivity contribution < 1.29 is 72.1 Å². The van der Waals surface area contributed by atoms with Crippen LogP contribution >= 0.6 is 0 Å². The molecular formula is H3CuLaSiZn. The van der Waals surface area contributed by atoms with E-state index in [0.29, 0.717) is 0 Å². The van der Waals surface area contributed by atoms with Gasteiger partial charge in [-0.3, -0.25) is 0 Å². The predicted octanol–water partition coefficient (Wildman–Crippen LogP) is -1.19. The third-order valence-corrected chi connectivity index (χ3v) is 0. The third kappa shape index (κ3) is 8.82. The predicted molar refractivity (Wildman–Crippen MR) is 9.94 cm³/mol. The Hall–Kier alpha value is 2.55. The Kier molecular flexibility index (Phi) is 137. The van der Waals surface area contributed by atoms with Crippen molar-refractivity contribution >= 4 is 11.0 Å². The van der Waals surface area contributed by atoms with Crippen LogP contribution in [0.1, 0.15) is 0 Å². The molecule has 4 heteroatoms. The average molecular weight is 299 g/mol. The Labute approximate surface area is 81.7 Å². The Morgan fingerprint density at radius 2 is 1.00 bits per heavy atom. The molecule has 0 heterocycles. The number of hydrogen-bond donors (Lipinski definition) is 0. The molecule has 0 spiro atoms. The van der Waals surface area contributed by atoms with Crippen molar-refractivity contribution in [2.24, 2.45) is 0 Å². The molecule has 0 saturated carbocycles. The average Bonchev–Trinajstić information content (AvgIpc) is 0. The second-order valence-corrected chi connectivity index (χ2v) is 0. The van der Waals surface area contributed by atoms with Gasteiger partial charge in [0.15, 0.2) is 0 Å². The summed E-state index contributed by atoms with van der Waals surface area (Å²) in [6.07, 6.45) is 0. The molecule has 0 aromatic heterocycles. The smallest absolute Gasteiger partial charge is 0 e. The summed E-state index contributed by atoms with van der Waals surface area (Å²) in [7, 11) is 0. The van der Waals surface area contributed by atoms with Gasteiger partial charge in [0.2, 0.25) is 0 Å². The maximum Gasteiger partial charge on any atom is 0 e. The van der Waals surface area contributed by atoms with Crippen LogP contribution in [0.2, 0.25) is 0 Å². The molecule has 0 amide bonds. The standard InChI is InChI=1S/Cu.La.H3Si.Zn/h;;1H3;. The molecule has 0 rings (SSSR count). The first kappa shape index (κ1) is 31.0. The molecule has 0 aliphatic heterocycles. The van der Waals surface area contributed by atoms with Gasteiger partial charge in [0.25, 0.3) is 0 Å². The molecule has 0 unspecified atom stereocenters. The second kappa shape index (κ2) is 17.7. The van der Waals surface area contributed by atoms with E-state index < -0.39 is 0 Å². The molecule has 0 atom stereocenters. The summed E-state index contributed by atoms with van der Waals surface area (Å²) in [5.74, 6) is 0. The molecule has 0 fully saturated rings. The van der Waals surface area contributed by atoms with Crippen molar-refractivity contribution in [2.75, 3.05) is 0 Å². The summed E-state index contributed by atoms with van der Waals surface area (Å²) < 4.78 is 0. The van der Waals surface area contributed by atoms with Crippen LogP contribution in [0.5, 0.6) is 0 Å². The summed E-state index contributed by atoms with van der Waals surface area (Å²) in [4.78, 5) is 0. The molecule has 0 N–H and O–H groups in total. The molecule has 0 aromatic carbocycles. The van der Waals surface area contributed by atoms with Crippen molar-refractivity contribution in [3.63, 3.8) is 0 Å². The van der Waals surface area contributed by atoms with E-state index in [1.54, 1.807) is 0 Å². The first-order chi connectivity index (χ1) is 0. The van der Waals surface area contributed by atoms with Gasteiger partial charge < -0.3 is 0 Å². The normalized spacial score (nSPS) is 0. The Bertz CT molecular complexity index is 8.00. The van der Waals surface area contributed by atoms with Crippen LogP contribution < -0.4 is 0 Å². The van der Waals surface area contributed by atoms with Crippen LogP contribution in [0.25, 0.3) is 0 Å². The zero-order valence-electron chi connectivity index (χ0n) is 2.59. The van der Waals surface area contributed by atoms with E-state index in [1.807, 2.05) is 0 Å². The van der Waals surface area contributed by atoms with Crippen molar-refractivity contribution in [3.8, 4) is 0 Å². The molecule has 23 valence electrons. The van der Waals surface area contributed by atoms with Gasteiger partial charge in [0, 0.05) is 72.1 Å². The Morgan fingerprint density at radius 1 is 1.00 bits per heavy atom. The Balaban J connectivity index is 0. The summed E-state index contributed by atoms with van der Waals surface area (Å²) in [6, 6.07) is 0. The monoisotopic (exact) mass is 297 g/mol. The van der Waals surface area contributed by atoms with E-state index >= 15 is 0 Å². The van der Waals surface area contributed by atoms with E-state index in [2.05, 4.69) is 0 Å². The van der Waals surface area contributed by atoms with Gasteiger partial charge in [-0.15, -0.1) is 0 Å². The molecule has 0 bridgehead atoms. The van der Waals surface area contributed by atoms with E-state index in [0.717, 1.165) is 0 Å². The summed E-state index contributed by atoms with van der Waals surface area (Å²) in [6.45, 7) is 0. The first-order valence-corrected chi connectivity index (χ1v) is 0. The number of hydrogen-bond acceptors (Lipinski definition) is 0. The van der Waals surface area contributed by atoms with Gasteiger partial charge in [-0.2, -0.15) is 0 Å². The van der Waals surface area contributed by atoms with Gasteiger partial charge in [-0.25, -0.2) is 0 Å². The van der Waals surface area contributed by atoms with E-state index in [4.69, 9.17) is 0 Å². The molecule has 0 aliphatic rings. The van der Waals surface area contributed by atoms with Crippen molar-refractivity contribution in [3.05, 3.63) is 0 Å². The van der Waals surface area contributed by atoms with Crippen LogP contribution in [0.3, 0.4) is 0 Å². The minimum Gasteiger partial charge on any atom is -0.0125 e. The maximum absolute atomic E-state index is 0. The van der Waals surface area contributed by atoms with Crippen LogP contribution in [-0.4, -0.2) is 11.0 Å². The molecule has 0 aromatic rings. The summed E-state index contributed by atoms with van der Waals surface area (Å²) in [5, 5.41) is 0. The second-order valence-electron chi connectivity index (χ2n) is 0. The molecule has 0 saturated heterocycles. The molecule has 0 nitrogen and oxygen atoms in total. The Morgan fingerprint density at radius 3 is 1.00 bits per heavy atom. The fraction of sp³-hybridized carbons (Fsp3) is 0. The van der Waals surface area contributed by atoms with E-state index in [-0.39, 0.29) is 83.1 Å². The fourth-order valence-electron chi connectivity index (χ4n) is 0. The van der Waals surface area contributed by atoms with Crippen LogP contribution in [0, 0.1) is 35.6 Å². The third-order valence-electron chi connectivity index (χ3n) is 0. The van der Waals surface area contributed by atoms with E-state index in [9.17, 15) is 0 Å². The SMILES string of the molecule is [Cu].[La].[SiH3].[Zn]. The summed E-state index contributed by atoms with van der Waals surface area (Å²) in [5.41, 5.74) is 0. The van der Waals surface area contributed by atoms with Crippen LogP contribution in [0.4, 0.5) is 0 Å². The first-order valence-electron chi connectivity index (χ1n) is 0. The number of rotatable bonds is 0. The van der Waals surface area contributed by atoms with Crippen molar-refractivity contribution in [1.82, 2.24) is 0 Å². The van der Waals surface area contributed by atoms with Gasteiger partial charge in [0.05, 0.1) is 0 Å². The van der Waals surface area contributed by atoms with Gasteiger partial charge in [-0.1, -0.05) is 0 Å². The fourth-order valence-corrected chi connectivity index (χ4v) is 0. The van der Waals surface area contributed by atoms with Gasteiger partial charge >= 0.3 is 0 Å². The quantitative estimate of drug-likeness (QED) is 0.494. The molecule has 3 radical (unpaired) electrons. The van der Waals surface area contributed by atoms with E-state index in [1.165, 1.54) is 0 Å². The minimum absolute atomic E-state index is 0. The van der Waals surface area contributed by atoms with Crippen LogP contribution in [0.15, 0.2) is 0 Å². The largest absolute Gasteiger partial charge is 0.0125 e. The maximum atomic E-state index is 0. The van der Waals surface area contributed by atoms with Gasteiger partial charge in [-0.05, 0) is 11.0 Å². The molecule has 4 heavy (non-hydrogen) atoms. The summed E-state index contributed by atoms with van der Waals surface area (Å²) >= 11 is 0. The molecule has 0 aliphatic carbocycles. The van der Waals surface area contributed by atoms with Gasteiger partial charge in [0.1, 0.15) is 0 Å². The van der Waals surface area contributed by atoms with Crippen molar-refractivity contribution in [1.29, 1.82) is 0 Å². The zero-order chi connectivity index (χ0) is 0. The van der Waals surface area contributed by atoms with Crippen LogP contribution in [-0.2, 0) is 36.5 Å². The topological polar surface area (TPSA) is 0 Å².